The molecule has 0 spiro atoms. The van der Waals surface area contributed by atoms with Crippen molar-refractivity contribution >= 4 is 11.8 Å². The summed E-state index contributed by atoms with van der Waals surface area (Å²) >= 11 is 1.52. The molecule has 0 bridgehead atoms. The van der Waals surface area contributed by atoms with Gasteiger partial charge in [0.25, 0.3) is 0 Å². The fourth-order valence-corrected chi connectivity index (χ4v) is 1.74. The van der Waals surface area contributed by atoms with E-state index < -0.39 is 6.10 Å². The first kappa shape index (κ1) is 10.6. The molecule has 4 nitrogen and oxygen atoms in total. The number of aromatic nitrogens is 2. The van der Waals surface area contributed by atoms with Crippen LogP contribution in [0.1, 0.15) is 0 Å². The average molecular weight is 202 g/mol. The normalized spacial score (nSPS) is 13.2. The Bertz CT molecular complexity index is 252. The van der Waals surface area contributed by atoms with E-state index >= 15 is 0 Å². The minimum absolute atomic E-state index is 0.372. The van der Waals surface area contributed by atoms with Crippen molar-refractivity contribution in [3.63, 3.8) is 0 Å². The molecule has 0 aromatic carbocycles. The maximum atomic E-state index is 9.36. The van der Waals surface area contributed by atoms with Gasteiger partial charge in [-0.1, -0.05) is 11.8 Å². The second kappa shape index (κ2) is 5.26. The van der Waals surface area contributed by atoms with Crippen molar-refractivity contribution in [1.82, 2.24) is 9.55 Å². The van der Waals surface area contributed by atoms with Crippen LogP contribution in [0, 0.1) is 0 Å². The maximum absolute atomic E-state index is 9.36. The maximum Gasteiger partial charge on any atom is 0.167 e. The lowest BCUT2D eigenvalue weighted by Crippen LogP contribution is -2.16. The number of rotatable bonds is 5. The lowest BCUT2D eigenvalue weighted by atomic mass is 10.4. The van der Waals surface area contributed by atoms with Gasteiger partial charge in [-0.05, 0) is 0 Å². The zero-order valence-corrected chi connectivity index (χ0v) is 8.62. The van der Waals surface area contributed by atoms with E-state index in [0.717, 1.165) is 5.16 Å². The van der Waals surface area contributed by atoms with E-state index in [1.165, 1.54) is 11.8 Å². The van der Waals surface area contributed by atoms with Crippen LogP contribution in [-0.4, -0.2) is 40.2 Å². The summed E-state index contributed by atoms with van der Waals surface area (Å²) in [5, 5.41) is 10.3. The Morgan fingerprint density at radius 2 is 2.54 bits per heavy atom. The predicted molar refractivity (Wildman–Crippen MR) is 51.8 cm³/mol. The van der Waals surface area contributed by atoms with Gasteiger partial charge in [-0.3, -0.25) is 0 Å². The summed E-state index contributed by atoms with van der Waals surface area (Å²) < 4.78 is 6.73. The average Bonchev–Trinajstić information content (AvgIpc) is 2.48. The van der Waals surface area contributed by atoms with Crippen LogP contribution < -0.4 is 0 Å². The summed E-state index contributed by atoms with van der Waals surface area (Å²) in [7, 11) is 3.51. The molecule has 0 radical (unpaired) electrons. The molecule has 0 amide bonds. The Hall–Kier alpha value is -0.520. The molecule has 0 aliphatic heterocycles. The highest BCUT2D eigenvalue weighted by Crippen LogP contribution is 2.15. The summed E-state index contributed by atoms with van der Waals surface area (Å²) in [6, 6.07) is 0. The number of aliphatic hydroxyl groups is 1. The molecule has 0 saturated heterocycles. The van der Waals surface area contributed by atoms with Gasteiger partial charge in [0.05, 0.1) is 12.7 Å². The van der Waals surface area contributed by atoms with Crippen LogP contribution >= 0.6 is 11.8 Å². The number of imidazole rings is 1. The van der Waals surface area contributed by atoms with E-state index in [1.54, 1.807) is 13.3 Å². The summed E-state index contributed by atoms with van der Waals surface area (Å²) in [5.41, 5.74) is 0. The van der Waals surface area contributed by atoms with E-state index in [-0.39, 0.29) is 0 Å². The van der Waals surface area contributed by atoms with Gasteiger partial charge >= 0.3 is 0 Å². The van der Waals surface area contributed by atoms with E-state index in [9.17, 15) is 5.11 Å². The minimum Gasteiger partial charge on any atom is -0.390 e. The minimum atomic E-state index is -0.424. The summed E-state index contributed by atoms with van der Waals surface area (Å²) in [5.74, 6) is 0.610. The number of thioether (sulfide) groups is 1. The monoisotopic (exact) mass is 202 g/mol. The van der Waals surface area contributed by atoms with E-state index in [0.29, 0.717) is 12.4 Å². The lowest BCUT2D eigenvalue weighted by molar-refractivity contribution is 0.0793. The first-order valence-corrected chi connectivity index (χ1v) is 4.99. The predicted octanol–water partition coefficient (Wildman–Crippen LogP) is 0.520. The topological polar surface area (TPSA) is 47.3 Å². The number of nitrogens with zero attached hydrogens (tertiary/aromatic N) is 2. The molecule has 0 aliphatic rings. The highest BCUT2D eigenvalue weighted by molar-refractivity contribution is 7.99. The van der Waals surface area contributed by atoms with Crippen LogP contribution in [0.3, 0.4) is 0 Å². The Balaban J connectivity index is 2.30. The third kappa shape index (κ3) is 3.38. The largest absolute Gasteiger partial charge is 0.390 e. The summed E-state index contributed by atoms with van der Waals surface area (Å²) in [6.07, 6.45) is 3.20. The highest BCUT2D eigenvalue weighted by atomic mass is 32.2. The summed E-state index contributed by atoms with van der Waals surface area (Å²) in [6.45, 7) is 0.372. The van der Waals surface area contributed by atoms with Crippen LogP contribution in [-0.2, 0) is 11.8 Å². The molecule has 74 valence electrons. The fourth-order valence-electron chi connectivity index (χ4n) is 0.902. The van der Waals surface area contributed by atoms with Gasteiger partial charge < -0.3 is 14.4 Å². The van der Waals surface area contributed by atoms with Crippen molar-refractivity contribution in [2.24, 2.45) is 7.05 Å². The number of ether oxygens (including phenoxy) is 1. The third-order valence-corrected chi connectivity index (χ3v) is 2.74. The van der Waals surface area contributed by atoms with E-state index in [2.05, 4.69) is 4.98 Å². The number of hydrogen-bond acceptors (Lipinski definition) is 4. The quantitative estimate of drug-likeness (QED) is 0.707. The molecule has 1 N–H and O–H groups in total. The molecule has 5 heteroatoms. The molecule has 1 unspecified atom stereocenters. The Morgan fingerprint density at radius 3 is 3.08 bits per heavy atom. The molecule has 1 heterocycles. The molecule has 1 rings (SSSR count). The molecule has 1 atom stereocenters. The van der Waals surface area contributed by atoms with E-state index in [1.807, 2.05) is 17.8 Å². The van der Waals surface area contributed by atoms with Crippen molar-refractivity contribution in [3.05, 3.63) is 12.4 Å². The van der Waals surface area contributed by atoms with Gasteiger partial charge in [0, 0.05) is 32.3 Å². The van der Waals surface area contributed by atoms with Crippen molar-refractivity contribution in [3.8, 4) is 0 Å². The molecular formula is C8H14N2O2S. The molecule has 0 aliphatic carbocycles. The van der Waals surface area contributed by atoms with Gasteiger partial charge in [-0.25, -0.2) is 4.98 Å². The SMILES string of the molecule is COCC(O)CSc1nccn1C. The Morgan fingerprint density at radius 1 is 1.77 bits per heavy atom. The van der Waals surface area contributed by atoms with Crippen LogP contribution in [0.4, 0.5) is 0 Å². The first-order valence-electron chi connectivity index (χ1n) is 4.01. The molecule has 0 fully saturated rings. The van der Waals surface area contributed by atoms with E-state index in [4.69, 9.17) is 4.74 Å². The second-order valence-corrected chi connectivity index (χ2v) is 3.73. The molecule has 0 saturated carbocycles. The van der Waals surface area contributed by atoms with Crippen molar-refractivity contribution < 1.29 is 9.84 Å². The number of aliphatic hydroxyl groups excluding tert-OH is 1. The smallest absolute Gasteiger partial charge is 0.167 e. The molecule has 13 heavy (non-hydrogen) atoms. The van der Waals surface area contributed by atoms with Crippen molar-refractivity contribution in [2.45, 2.75) is 11.3 Å². The molecular weight excluding hydrogens is 188 g/mol. The van der Waals surface area contributed by atoms with Gasteiger partial charge in [0.15, 0.2) is 5.16 Å². The van der Waals surface area contributed by atoms with Crippen LogP contribution in [0.5, 0.6) is 0 Å². The Kier molecular flexibility index (Phi) is 4.27. The van der Waals surface area contributed by atoms with Gasteiger partial charge in [0.1, 0.15) is 0 Å². The van der Waals surface area contributed by atoms with Crippen LogP contribution in [0.25, 0.3) is 0 Å². The summed E-state index contributed by atoms with van der Waals surface area (Å²) in [4.78, 5) is 4.12. The van der Waals surface area contributed by atoms with Crippen molar-refractivity contribution in [1.29, 1.82) is 0 Å². The van der Waals surface area contributed by atoms with Crippen LogP contribution in [0.2, 0.25) is 0 Å². The standard InChI is InChI=1S/C8H14N2O2S/c1-10-4-3-9-8(10)13-6-7(11)5-12-2/h3-4,7,11H,5-6H2,1-2H3. The number of aryl methyl sites for hydroxylation is 1. The molecule has 1 aromatic heterocycles. The zero-order chi connectivity index (χ0) is 9.68. The Labute approximate surface area is 81.9 Å². The number of hydrogen-bond donors (Lipinski definition) is 1. The number of methoxy groups -OCH3 is 1. The first-order chi connectivity index (χ1) is 6.24. The van der Waals surface area contributed by atoms with Crippen molar-refractivity contribution in [2.75, 3.05) is 19.5 Å². The fraction of sp³-hybridized carbons (Fsp3) is 0.625. The zero-order valence-electron chi connectivity index (χ0n) is 7.80. The van der Waals surface area contributed by atoms with Gasteiger partial charge in [0.2, 0.25) is 0 Å². The van der Waals surface area contributed by atoms with Gasteiger partial charge in [-0.2, -0.15) is 0 Å². The third-order valence-electron chi connectivity index (χ3n) is 1.54. The van der Waals surface area contributed by atoms with Crippen LogP contribution in [0.15, 0.2) is 17.6 Å². The van der Waals surface area contributed by atoms with Gasteiger partial charge in [-0.15, -0.1) is 0 Å². The lowest BCUT2D eigenvalue weighted by Gasteiger charge is -2.07. The molecule has 1 aromatic rings. The second-order valence-electron chi connectivity index (χ2n) is 2.74. The highest BCUT2D eigenvalue weighted by Gasteiger charge is 2.06.